The highest BCUT2D eigenvalue weighted by atomic mass is 16.5. The van der Waals surface area contributed by atoms with Crippen molar-refractivity contribution in [2.45, 2.75) is 46.1 Å². The van der Waals surface area contributed by atoms with Gasteiger partial charge in [-0.3, -0.25) is 14.5 Å². The quantitative estimate of drug-likeness (QED) is 0.557. The van der Waals surface area contributed by atoms with E-state index in [4.69, 9.17) is 14.6 Å². The van der Waals surface area contributed by atoms with Gasteiger partial charge in [0.25, 0.3) is 5.91 Å². The Kier molecular flexibility index (Phi) is 7.86. The largest absolute Gasteiger partial charge is 0.497 e. The van der Waals surface area contributed by atoms with Crippen molar-refractivity contribution < 1.29 is 19.1 Å². The van der Waals surface area contributed by atoms with Gasteiger partial charge in [0.05, 0.1) is 37.9 Å². The van der Waals surface area contributed by atoms with Crippen molar-refractivity contribution in [2.24, 2.45) is 11.0 Å². The van der Waals surface area contributed by atoms with Crippen LogP contribution >= 0.6 is 0 Å². The lowest BCUT2D eigenvalue weighted by Gasteiger charge is -2.32. The Morgan fingerprint density at radius 2 is 1.77 bits per heavy atom. The summed E-state index contributed by atoms with van der Waals surface area (Å²) in [6, 6.07) is 14.0. The number of hydrazone groups is 1. The van der Waals surface area contributed by atoms with Crippen LogP contribution < -0.4 is 4.74 Å². The second-order valence-electron chi connectivity index (χ2n) is 9.40. The lowest BCUT2D eigenvalue weighted by Crippen LogP contribution is -2.43. The average Bonchev–Trinajstić information content (AvgIpc) is 3.30. The highest BCUT2D eigenvalue weighted by Gasteiger charge is 2.35. The van der Waals surface area contributed by atoms with Gasteiger partial charge in [-0.15, -0.1) is 0 Å². The first-order valence-electron chi connectivity index (χ1n) is 12.4. The minimum absolute atomic E-state index is 0.0203. The van der Waals surface area contributed by atoms with E-state index >= 15 is 0 Å². The minimum atomic E-state index is -0.141. The summed E-state index contributed by atoms with van der Waals surface area (Å²) in [6.45, 7) is 8.09. The Morgan fingerprint density at radius 1 is 1.06 bits per heavy atom. The maximum atomic E-state index is 13.5. The molecule has 2 aliphatic heterocycles. The molecule has 0 N–H and O–H groups in total. The van der Waals surface area contributed by atoms with Crippen molar-refractivity contribution in [3.8, 4) is 5.75 Å². The number of ether oxygens (including phenoxy) is 2. The molecule has 0 radical (unpaired) electrons. The van der Waals surface area contributed by atoms with Crippen molar-refractivity contribution >= 4 is 17.6 Å². The first-order chi connectivity index (χ1) is 16.9. The molecule has 1 atom stereocenters. The smallest absolute Gasteiger partial charge is 0.309 e. The van der Waals surface area contributed by atoms with Crippen LogP contribution in [-0.4, -0.2) is 60.8 Å². The Bertz CT molecular complexity index is 1090. The number of rotatable bonds is 7. The van der Waals surface area contributed by atoms with Crippen LogP contribution in [0.3, 0.4) is 0 Å². The van der Waals surface area contributed by atoms with Crippen molar-refractivity contribution in [3.05, 3.63) is 64.7 Å². The molecule has 0 bridgehead atoms. The van der Waals surface area contributed by atoms with E-state index in [0.717, 1.165) is 28.2 Å². The average molecular weight is 478 g/mol. The Morgan fingerprint density at radius 3 is 2.40 bits per heavy atom. The van der Waals surface area contributed by atoms with Gasteiger partial charge in [0.2, 0.25) is 0 Å². The number of carbonyl (C=O) groups excluding carboxylic acids is 2. The number of carbonyl (C=O) groups is 2. The molecule has 2 heterocycles. The van der Waals surface area contributed by atoms with E-state index in [9.17, 15) is 9.59 Å². The van der Waals surface area contributed by atoms with E-state index in [2.05, 4.69) is 36.9 Å². The molecule has 1 amide bonds. The summed E-state index contributed by atoms with van der Waals surface area (Å²) >= 11 is 0. The van der Waals surface area contributed by atoms with Crippen molar-refractivity contribution in [2.75, 3.05) is 33.4 Å². The molecule has 0 aliphatic carbocycles. The van der Waals surface area contributed by atoms with E-state index in [1.165, 1.54) is 5.56 Å². The molecule has 0 spiro atoms. The Labute approximate surface area is 207 Å². The SMILES string of the molecule is CCOC(=O)C1CCN(CC(=O)N2N=C(c3ccc(OC)cc3)CC2c2ccc(C)cc2C)CC1. The van der Waals surface area contributed by atoms with Gasteiger partial charge in [-0.1, -0.05) is 23.8 Å². The molecule has 7 nitrogen and oxygen atoms in total. The van der Waals surface area contributed by atoms with Gasteiger partial charge in [-0.25, -0.2) is 5.01 Å². The molecule has 0 aromatic heterocycles. The summed E-state index contributed by atoms with van der Waals surface area (Å²) in [4.78, 5) is 27.7. The van der Waals surface area contributed by atoms with Crippen LogP contribution in [0.25, 0.3) is 0 Å². The summed E-state index contributed by atoms with van der Waals surface area (Å²) in [7, 11) is 1.65. The molecular formula is C28H35N3O4. The fraction of sp³-hybridized carbons (Fsp3) is 0.464. The highest BCUT2D eigenvalue weighted by Crippen LogP contribution is 2.35. The zero-order chi connectivity index (χ0) is 24.9. The van der Waals surface area contributed by atoms with Gasteiger partial charge in [0.15, 0.2) is 0 Å². The summed E-state index contributed by atoms with van der Waals surface area (Å²) in [5, 5.41) is 6.50. The fourth-order valence-electron chi connectivity index (χ4n) is 4.99. The summed E-state index contributed by atoms with van der Waals surface area (Å²) < 4.78 is 10.5. The van der Waals surface area contributed by atoms with Gasteiger partial charge in [0, 0.05) is 6.42 Å². The number of aryl methyl sites for hydroxylation is 2. The fourth-order valence-corrected chi connectivity index (χ4v) is 4.99. The number of benzene rings is 2. The number of nitrogens with zero attached hydrogens (tertiary/aromatic N) is 3. The zero-order valence-corrected chi connectivity index (χ0v) is 21.1. The minimum Gasteiger partial charge on any atom is -0.497 e. The van der Waals surface area contributed by atoms with Crippen molar-refractivity contribution in [3.63, 3.8) is 0 Å². The van der Waals surface area contributed by atoms with E-state index in [-0.39, 0.29) is 30.4 Å². The number of esters is 1. The molecule has 1 fully saturated rings. The predicted octanol–water partition coefficient (Wildman–Crippen LogP) is 4.26. The topological polar surface area (TPSA) is 71.4 Å². The highest BCUT2D eigenvalue weighted by molar-refractivity contribution is 6.03. The third kappa shape index (κ3) is 5.73. The van der Waals surface area contributed by atoms with E-state index < -0.39 is 0 Å². The Balaban J connectivity index is 1.52. The molecule has 186 valence electrons. The number of hydrogen-bond acceptors (Lipinski definition) is 6. The molecule has 0 saturated carbocycles. The lowest BCUT2D eigenvalue weighted by atomic mass is 9.94. The first kappa shape index (κ1) is 24.9. The van der Waals surface area contributed by atoms with E-state index in [0.29, 0.717) is 39.0 Å². The number of amides is 1. The molecule has 7 heteroatoms. The second kappa shape index (κ2) is 11.0. The maximum Gasteiger partial charge on any atom is 0.309 e. The first-order valence-corrected chi connectivity index (χ1v) is 12.4. The molecule has 4 rings (SSSR count). The molecule has 1 unspecified atom stereocenters. The maximum absolute atomic E-state index is 13.5. The van der Waals surface area contributed by atoms with E-state index in [1.54, 1.807) is 12.1 Å². The van der Waals surface area contributed by atoms with Crippen LogP contribution in [0.5, 0.6) is 5.75 Å². The molecule has 1 saturated heterocycles. The molecular weight excluding hydrogens is 442 g/mol. The van der Waals surface area contributed by atoms with Crippen LogP contribution in [0.15, 0.2) is 47.6 Å². The van der Waals surface area contributed by atoms with Gasteiger partial charge in [0.1, 0.15) is 5.75 Å². The van der Waals surface area contributed by atoms with Crippen molar-refractivity contribution in [1.29, 1.82) is 0 Å². The number of likely N-dealkylation sites (tertiary alicyclic amines) is 1. The van der Waals surface area contributed by atoms with E-state index in [1.807, 2.05) is 31.2 Å². The normalized spacial score (nSPS) is 18.9. The van der Waals surface area contributed by atoms with Gasteiger partial charge in [-0.2, -0.15) is 5.10 Å². The second-order valence-corrected chi connectivity index (χ2v) is 9.40. The standard InChI is InChI=1S/C28H35N3O4/c1-5-35-28(33)22-12-14-30(15-13-22)18-27(32)31-26(24-11-6-19(2)16-20(24)3)17-25(29-31)21-7-9-23(34-4)10-8-21/h6-11,16,22,26H,5,12-15,17-18H2,1-4H3. The summed E-state index contributed by atoms with van der Waals surface area (Å²) in [6.07, 6.45) is 2.09. The van der Waals surface area contributed by atoms with Gasteiger partial charge in [-0.05, 0) is 87.7 Å². The monoisotopic (exact) mass is 477 g/mol. The number of methoxy groups -OCH3 is 1. The Hall–Kier alpha value is -3.19. The summed E-state index contributed by atoms with van der Waals surface area (Å²) in [5.41, 5.74) is 5.37. The van der Waals surface area contributed by atoms with Crippen LogP contribution in [0.2, 0.25) is 0 Å². The van der Waals surface area contributed by atoms with Gasteiger partial charge >= 0.3 is 5.97 Å². The van der Waals surface area contributed by atoms with Crippen molar-refractivity contribution in [1.82, 2.24) is 9.91 Å². The third-order valence-corrected chi connectivity index (χ3v) is 6.94. The molecule has 2 aromatic carbocycles. The molecule has 2 aromatic rings. The molecule has 35 heavy (non-hydrogen) atoms. The van der Waals surface area contributed by atoms with Crippen LogP contribution in [0.1, 0.15) is 54.5 Å². The van der Waals surface area contributed by atoms with Crippen LogP contribution in [0.4, 0.5) is 0 Å². The predicted molar refractivity (Wildman–Crippen MR) is 135 cm³/mol. The summed E-state index contributed by atoms with van der Waals surface area (Å²) in [5.74, 6) is 0.572. The third-order valence-electron chi connectivity index (χ3n) is 6.94. The lowest BCUT2D eigenvalue weighted by molar-refractivity contribution is -0.149. The van der Waals surface area contributed by atoms with Crippen LogP contribution in [0, 0.1) is 19.8 Å². The zero-order valence-electron chi connectivity index (χ0n) is 21.1. The van der Waals surface area contributed by atoms with Crippen LogP contribution in [-0.2, 0) is 14.3 Å². The number of piperidine rings is 1. The number of hydrogen-bond donors (Lipinski definition) is 0. The van der Waals surface area contributed by atoms with Gasteiger partial charge < -0.3 is 9.47 Å². The molecule has 2 aliphatic rings.